The van der Waals surface area contributed by atoms with E-state index >= 15 is 0 Å². The molecule has 0 aliphatic rings. The second-order valence-electron chi connectivity index (χ2n) is 7.02. The van der Waals surface area contributed by atoms with Gasteiger partial charge in [-0.15, -0.1) is 0 Å². The lowest BCUT2D eigenvalue weighted by Gasteiger charge is -2.12. The van der Waals surface area contributed by atoms with Crippen LogP contribution in [0.3, 0.4) is 0 Å². The van der Waals surface area contributed by atoms with Crippen molar-refractivity contribution in [1.82, 2.24) is 10.6 Å². The number of hydrogen-bond donors (Lipinski definition) is 3. The van der Waals surface area contributed by atoms with E-state index in [2.05, 4.69) is 15.6 Å². The van der Waals surface area contributed by atoms with Gasteiger partial charge in [0.2, 0.25) is 11.9 Å². The third-order valence-electron chi connectivity index (χ3n) is 4.42. The first-order chi connectivity index (χ1) is 14.8. The van der Waals surface area contributed by atoms with Crippen LogP contribution in [0.5, 0.6) is 0 Å². The van der Waals surface area contributed by atoms with E-state index in [0.717, 1.165) is 11.1 Å². The van der Waals surface area contributed by atoms with Crippen LogP contribution in [0, 0.1) is 13.8 Å². The standard InChI is InChI=1S/C24H22N4O3/c1-15-5-3-7-18(13-15)22(30)27-24(26-20-11-9-17(10-12-20)21(25)29)28-23(31)19-8-4-6-16(2)14-19/h3-14H,1-2H3,(H2,25,29)(H2,26,27,28,30,31). The van der Waals surface area contributed by atoms with Gasteiger partial charge in [0.05, 0.1) is 5.69 Å². The molecule has 3 amide bonds. The Morgan fingerprint density at radius 2 is 1.19 bits per heavy atom. The molecule has 0 aromatic heterocycles. The van der Waals surface area contributed by atoms with E-state index in [-0.39, 0.29) is 5.96 Å². The second kappa shape index (κ2) is 9.49. The maximum Gasteiger partial charge on any atom is 0.257 e. The van der Waals surface area contributed by atoms with Gasteiger partial charge in [0.1, 0.15) is 0 Å². The molecule has 4 N–H and O–H groups in total. The maximum absolute atomic E-state index is 12.7. The minimum absolute atomic E-state index is 0.0372. The molecule has 3 rings (SSSR count). The zero-order chi connectivity index (χ0) is 22.4. The molecule has 3 aromatic rings. The van der Waals surface area contributed by atoms with Crippen LogP contribution < -0.4 is 16.4 Å². The average molecular weight is 414 g/mol. The van der Waals surface area contributed by atoms with E-state index in [0.29, 0.717) is 22.4 Å². The van der Waals surface area contributed by atoms with Crippen LogP contribution in [0.25, 0.3) is 0 Å². The summed E-state index contributed by atoms with van der Waals surface area (Å²) in [4.78, 5) is 41.0. The summed E-state index contributed by atoms with van der Waals surface area (Å²) in [6, 6.07) is 20.3. The zero-order valence-electron chi connectivity index (χ0n) is 17.2. The van der Waals surface area contributed by atoms with Gasteiger partial charge >= 0.3 is 0 Å². The number of aliphatic imine (C=N–C) groups is 1. The molecule has 156 valence electrons. The van der Waals surface area contributed by atoms with Crippen LogP contribution in [0.1, 0.15) is 42.2 Å². The summed E-state index contributed by atoms with van der Waals surface area (Å²) in [6.07, 6.45) is 0. The first kappa shape index (κ1) is 21.4. The minimum Gasteiger partial charge on any atom is -0.366 e. The summed E-state index contributed by atoms with van der Waals surface area (Å²) in [6.45, 7) is 3.76. The molecular weight excluding hydrogens is 392 g/mol. The Balaban J connectivity index is 1.89. The Hall–Kier alpha value is -4.26. The minimum atomic E-state index is -0.559. The molecule has 31 heavy (non-hydrogen) atoms. The molecule has 0 spiro atoms. The van der Waals surface area contributed by atoms with Crippen molar-refractivity contribution in [3.8, 4) is 0 Å². The Labute approximate surface area is 180 Å². The Morgan fingerprint density at radius 3 is 1.61 bits per heavy atom. The number of nitrogens with zero attached hydrogens (tertiary/aromatic N) is 1. The maximum atomic E-state index is 12.7. The van der Waals surface area contributed by atoms with Crippen LogP contribution in [0.4, 0.5) is 5.69 Å². The van der Waals surface area contributed by atoms with E-state index in [4.69, 9.17) is 5.73 Å². The van der Waals surface area contributed by atoms with Gasteiger partial charge in [-0.1, -0.05) is 35.4 Å². The number of amides is 3. The van der Waals surface area contributed by atoms with Crippen molar-refractivity contribution in [2.45, 2.75) is 13.8 Å². The number of hydrogen-bond acceptors (Lipinski definition) is 4. The van der Waals surface area contributed by atoms with Crippen molar-refractivity contribution in [3.05, 3.63) is 101 Å². The van der Waals surface area contributed by atoms with E-state index in [1.54, 1.807) is 48.5 Å². The number of nitrogens with one attached hydrogen (secondary N) is 2. The SMILES string of the molecule is Cc1cccc(C(=O)NC(=Nc2ccc(C(N)=O)cc2)NC(=O)c2cccc(C)c2)c1. The van der Waals surface area contributed by atoms with Gasteiger partial charge in [-0.3, -0.25) is 25.0 Å². The van der Waals surface area contributed by atoms with Gasteiger partial charge in [-0.25, -0.2) is 4.99 Å². The van der Waals surface area contributed by atoms with Gasteiger partial charge in [0.25, 0.3) is 11.8 Å². The average Bonchev–Trinajstić information content (AvgIpc) is 2.74. The molecule has 7 nitrogen and oxygen atoms in total. The Kier molecular flexibility index (Phi) is 6.57. The summed E-state index contributed by atoms with van der Waals surface area (Å²) in [7, 11) is 0. The highest BCUT2D eigenvalue weighted by atomic mass is 16.2. The molecule has 0 saturated heterocycles. The van der Waals surface area contributed by atoms with Crippen LogP contribution in [-0.4, -0.2) is 23.7 Å². The van der Waals surface area contributed by atoms with Gasteiger partial charge < -0.3 is 5.73 Å². The van der Waals surface area contributed by atoms with Gasteiger partial charge in [-0.2, -0.15) is 0 Å². The molecule has 0 aliphatic heterocycles. The number of benzene rings is 3. The van der Waals surface area contributed by atoms with E-state index in [1.165, 1.54) is 12.1 Å². The fourth-order valence-electron chi connectivity index (χ4n) is 2.85. The smallest absolute Gasteiger partial charge is 0.257 e. The predicted octanol–water partition coefficient (Wildman–Crippen LogP) is 3.25. The zero-order valence-corrected chi connectivity index (χ0v) is 17.2. The van der Waals surface area contributed by atoms with Crippen LogP contribution in [0.15, 0.2) is 77.8 Å². The number of rotatable bonds is 4. The third kappa shape index (κ3) is 5.86. The summed E-state index contributed by atoms with van der Waals surface area (Å²) < 4.78 is 0. The summed E-state index contributed by atoms with van der Waals surface area (Å²) in [5, 5.41) is 5.30. The predicted molar refractivity (Wildman–Crippen MR) is 119 cm³/mol. The van der Waals surface area contributed by atoms with Crippen molar-refractivity contribution >= 4 is 29.4 Å². The molecule has 0 atom stereocenters. The van der Waals surface area contributed by atoms with Crippen LogP contribution in [0.2, 0.25) is 0 Å². The van der Waals surface area contributed by atoms with E-state index in [1.807, 2.05) is 26.0 Å². The van der Waals surface area contributed by atoms with Crippen molar-refractivity contribution < 1.29 is 14.4 Å². The molecule has 0 aliphatic carbocycles. The monoisotopic (exact) mass is 414 g/mol. The number of guanidine groups is 1. The number of carbonyl (C=O) groups excluding carboxylic acids is 3. The lowest BCUT2D eigenvalue weighted by Crippen LogP contribution is -2.43. The molecule has 0 saturated carbocycles. The molecule has 3 aromatic carbocycles. The van der Waals surface area contributed by atoms with Crippen molar-refractivity contribution in [2.75, 3.05) is 0 Å². The number of nitrogens with two attached hydrogens (primary N) is 1. The molecule has 0 fully saturated rings. The van der Waals surface area contributed by atoms with Gasteiger partial charge in [0, 0.05) is 16.7 Å². The topological polar surface area (TPSA) is 114 Å². The highest BCUT2D eigenvalue weighted by Crippen LogP contribution is 2.13. The van der Waals surface area contributed by atoms with Crippen molar-refractivity contribution in [3.63, 3.8) is 0 Å². The highest BCUT2D eigenvalue weighted by Gasteiger charge is 2.14. The third-order valence-corrected chi connectivity index (χ3v) is 4.42. The van der Waals surface area contributed by atoms with E-state index in [9.17, 15) is 14.4 Å². The first-order valence-corrected chi connectivity index (χ1v) is 9.56. The Morgan fingerprint density at radius 1 is 0.710 bits per heavy atom. The van der Waals surface area contributed by atoms with Crippen LogP contribution >= 0.6 is 0 Å². The highest BCUT2D eigenvalue weighted by molar-refractivity contribution is 6.13. The van der Waals surface area contributed by atoms with Crippen LogP contribution in [-0.2, 0) is 0 Å². The number of primary amides is 1. The Bertz CT molecular complexity index is 1110. The molecule has 0 radical (unpaired) electrons. The molecule has 0 unspecified atom stereocenters. The van der Waals surface area contributed by atoms with Gasteiger partial charge in [-0.05, 0) is 62.4 Å². The number of carbonyl (C=O) groups is 3. The van der Waals surface area contributed by atoms with Gasteiger partial charge in [0.15, 0.2) is 0 Å². The first-order valence-electron chi connectivity index (χ1n) is 9.56. The lowest BCUT2D eigenvalue weighted by molar-refractivity contribution is 0.0962. The lowest BCUT2D eigenvalue weighted by atomic mass is 10.1. The fraction of sp³-hybridized carbons (Fsp3) is 0.0833. The molecule has 0 heterocycles. The summed E-state index contributed by atoms with van der Waals surface area (Å²) in [5.74, 6) is -1.43. The molecular formula is C24H22N4O3. The fourth-order valence-corrected chi connectivity index (χ4v) is 2.85. The number of aryl methyl sites for hydroxylation is 2. The molecule has 0 bridgehead atoms. The summed E-state index contributed by atoms with van der Waals surface area (Å²) in [5.41, 5.74) is 8.73. The summed E-state index contributed by atoms with van der Waals surface area (Å²) >= 11 is 0. The van der Waals surface area contributed by atoms with Crippen molar-refractivity contribution in [2.24, 2.45) is 10.7 Å². The quantitative estimate of drug-likeness (QED) is 0.450. The normalized spacial score (nSPS) is 10.1. The van der Waals surface area contributed by atoms with E-state index < -0.39 is 17.7 Å². The largest absolute Gasteiger partial charge is 0.366 e. The van der Waals surface area contributed by atoms with Crippen molar-refractivity contribution in [1.29, 1.82) is 0 Å². The molecule has 7 heteroatoms. The second-order valence-corrected chi connectivity index (χ2v) is 7.02.